The summed E-state index contributed by atoms with van der Waals surface area (Å²) in [5.74, 6) is 0.330. The first kappa shape index (κ1) is 15.4. The van der Waals surface area contributed by atoms with Gasteiger partial charge in [0, 0.05) is 18.9 Å². The first-order valence-electron chi connectivity index (χ1n) is 7.54. The van der Waals surface area contributed by atoms with E-state index in [9.17, 15) is 4.79 Å². The molecule has 0 amide bonds. The maximum absolute atomic E-state index is 11.2. The molecule has 20 heavy (non-hydrogen) atoms. The van der Waals surface area contributed by atoms with E-state index in [0.717, 1.165) is 5.56 Å². The van der Waals surface area contributed by atoms with Crippen molar-refractivity contribution in [3.05, 3.63) is 35.4 Å². The molecule has 1 saturated carbocycles. The van der Waals surface area contributed by atoms with Crippen molar-refractivity contribution in [2.75, 3.05) is 0 Å². The van der Waals surface area contributed by atoms with Crippen LogP contribution in [0.3, 0.4) is 0 Å². The van der Waals surface area contributed by atoms with E-state index in [1.165, 1.54) is 44.6 Å². The molecule has 1 atom stereocenters. The molecular formula is C17H23ClO2. The van der Waals surface area contributed by atoms with Gasteiger partial charge in [-0.15, -0.1) is 0 Å². The highest BCUT2D eigenvalue weighted by atomic mass is 35.5. The van der Waals surface area contributed by atoms with Crippen molar-refractivity contribution in [3.63, 3.8) is 0 Å². The van der Waals surface area contributed by atoms with Crippen LogP contribution in [0.5, 0.6) is 0 Å². The molecule has 1 aliphatic rings. The van der Waals surface area contributed by atoms with E-state index in [1.54, 1.807) is 0 Å². The molecule has 1 aromatic carbocycles. The molecule has 0 radical (unpaired) electrons. The van der Waals surface area contributed by atoms with Crippen LogP contribution < -0.4 is 0 Å². The van der Waals surface area contributed by atoms with E-state index in [0.29, 0.717) is 12.3 Å². The Morgan fingerprint density at radius 3 is 2.35 bits per heavy atom. The third-order valence-electron chi connectivity index (χ3n) is 4.18. The molecule has 0 heterocycles. The van der Waals surface area contributed by atoms with Crippen LogP contribution in [0.2, 0.25) is 0 Å². The smallest absolute Gasteiger partial charge is 0.304 e. The summed E-state index contributed by atoms with van der Waals surface area (Å²) >= 11 is 6.44. The summed E-state index contributed by atoms with van der Waals surface area (Å²) in [6.07, 6.45) is 7.13. The molecule has 0 aromatic heterocycles. The van der Waals surface area contributed by atoms with Crippen LogP contribution in [0.15, 0.2) is 24.3 Å². The summed E-state index contributed by atoms with van der Waals surface area (Å²) in [4.78, 5) is 11.2. The Hall–Kier alpha value is -1.02. The summed E-state index contributed by atoms with van der Waals surface area (Å²) < 4.78 is 5.28. The third kappa shape index (κ3) is 3.54. The van der Waals surface area contributed by atoms with E-state index in [4.69, 9.17) is 16.3 Å². The van der Waals surface area contributed by atoms with Crippen molar-refractivity contribution >= 4 is 17.6 Å². The highest BCUT2D eigenvalue weighted by Crippen LogP contribution is 2.37. The van der Waals surface area contributed by atoms with Gasteiger partial charge < -0.3 is 4.74 Å². The number of rotatable bonds is 4. The van der Waals surface area contributed by atoms with Crippen molar-refractivity contribution < 1.29 is 9.53 Å². The Labute approximate surface area is 126 Å². The average Bonchev–Trinajstić information content (AvgIpc) is 2.47. The molecule has 0 bridgehead atoms. The van der Waals surface area contributed by atoms with E-state index in [1.807, 2.05) is 19.1 Å². The normalized spacial score (nSPS) is 19.4. The third-order valence-corrected chi connectivity index (χ3v) is 4.74. The molecule has 1 aromatic rings. The van der Waals surface area contributed by atoms with Crippen LogP contribution in [0, 0.1) is 0 Å². The van der Waals surface area contributed by atoms with Gasteiger partial charge >= 0.3 is 5.97 Å². The number of halogens is 1. The van der Waals surface area contributed by atoms with Crippen LogP contribution in [0.1, 0.15) is 69.4 Å². The minimum atomic E-state index is -1.03. The number of carbonyl (C=O) groups is 1. The Morgan fingerprint density at radius 2 is 1.85 bits per heavy atom. The summed E-state index contributed by atoms with van der Waals surface area (Å²) in [5, 5.41) is -1.03. The molecule has 1 fully saturated rings. The molecule has 3 heteroatoms. The van der Waals surface area contributed by atoms with E-state index in [-0.39, 0.29) is 5.97 Å². The second-order valence-electron chi connectivity index (χ2n) is 5.63. The summed E-state index contributed by atoms with van der Waals surface area (Å²) in [5.41, 5.74) is 2.24. The van der Waals surface area contributed by atoms with Gasteiger partial charge in [-0.05, 0) is 24.3 Å². The number of alkyl halides is 1. The SMILES string of the molecule is CCC(Cl)(OC(C)=O)c1ccc(C2CCCCC2)cc1. The Kier molecular flexibility index (Phi) is 5.09. The maximum atomic E-state index is 11.2. The predicted molar refractivity (Wildman–Crippen MR) is 81.9 cm³/mol. The lowest BCUT2D eigenvalue weighted by Gasteiger charge is -2.27. The van der Waals surface area contributed by atoms with Crippen molar-refractivity contribution in [1.82, 2.24) is 0 Å². The average molecular weight is 295 g/mol. The standard InChI is InChI=1S/C17H23ClO2/c1-3-17(18,20-13(2)19)16-11-9-15(10-12-16)14-7-5-4-6-8-14/h9-12,14H,3-8H2,1-2H3. The zero-order valence-corrected chi connectivity index (χ0v) is 13.1. The number of hydrogen-bond acceptors (Lipinski definition) is 2. The molecule has 0 N–H and O–H groups in total. The lowest BCUT2D eigenvalue weighted by atomic mass is 9.83. The lowest BCUT2D eigenvalue weighted by molar-refractivity contribution is -0.150. The van der Waals surface area contributed by atoms with Gasteiger partial charge in [-0.1, -0.05) is 62.1 Å². The lowest BCUT2D eigenvalue weighted by Crippen LogP contribution is -2.24. The molecule has 0 saturated heterocycles. The number of benzene rings is 1. The van der Waals surface area contributed by atoms with Gasteiger partial charge in [0.05, 0.1) is 0 Å². The molecule has 0 aliphatic heterocycles. The van der Waals surface area contributed by atoms with Crippen molar-refractivity contribution in [1.29, 1.82) is 0 Å². The monoisotopic (exact) mass is 294 g/mol. The Bertz CT molecular complexity index is 449. The molecule has 2 rings (SSSR count). The second-order valence-corrected chi connectivity index (χ2v) is 6.24. The number of carbonyl (C=O) groups excluding carboxylic acids is 1. The maximum Gasteiger partial charge on any atom is 0.304 e. The van der Waals surface area contributed by atoms with Crippen LogP contribution >= 0.6 is 11.6 Å². The highest BCUT2D eigenvalue weighted by Gasteiger charge is 2.31. The van der Waals surface area contributed by atoms with Crippen molar-refractivity contribution in [2.24, 2.45) is 0 Å². The van der Waals surface area contributed by atoms with Crippen LogP contribution in [-0.2, 0) is 14.6 Å². The van der Waals surface area contributed by atoms with Crippen molar-refractivity contribution in [2.45, 2.75) is 63.4 Å². The zero-order valence-electron chi connectivity index (χ0n) is 12.3. The fraction of sp³-hybridized carbons (Fsp3) is 0.588. The van der Waals surface area contributed by atoms with Crippen LogP contribution in [-0.4, -0.2) is 5.97 Å². The molecule has 0 spiro atoms. The van der Waals surface area contributed by atoms with Gasteiger partial charge in [0.15, 0.2) is 0 Å². The van der Waals surface area contributed by atoms with Crippen LogP contribution in [0.25, 0.3) is 0 Å². The number of ether oxygens (including phenoxy) is 1. The zero-order chi connectivity index (χ0) is 14.6. The van der Waals surface area contributed by atoms with E-state index in [2.05, 4.69) is 12.1 Å². The minimum Gasteiger partial charge on any atom is -0.439 e. The molecule has 1 unspecified atom stereocenters. The summed E-state index contributed by atoms with van der Waals surface area (Å²) in [7, 11) is 0. The van der Waals surface area contributed by atoms with Gasteiger partial charge in [0.2, 0.25) is 5.06 Å². The first-order chi connectivity index (χ1) is 9.55. The minimum absolute atomic E-state index is 0.349. The van der Waals surface area contributed by atoms with Crippen LogP contribution in [0.4, 0.5) is 0 Å². The van der Waals surface area contributed by atoms with Gasteiger partial charge in [0.25, 0.3) is 0 Å². The van der Waals surface area contributed by atoms with Gasteiger partial charge in [-0.2, -0.15) is 0 Å². The van der Waals surface area contributed by atoms with Gasteiger partial charge in [-0.3, -0.25) is 4.79 Å². The van der Waals surface area contributed by atoms with Gasteiger partial charge in [0.1, 0.15) is 0 Å². The van der Waals surface area contributed by atoms with E-state index >= 15 is 0 Å². The molecule has 110 valence electrons. The first-order valence-corrected chi connectivity index (χ1v) is 7.92. The quantitative estimate of drug-likeness (QED) is 0.570. The fourth-order valence-corrected chi connectivity index (χ4v) is 3.24. The number of hydrogen-bond donors (Lipinski definition) is 0. The largest absolute Gasteiger partial charge is 0.439 e. The topological polar surface area (TPSA) is 26.3 Å². The van der Waals surface area contributed by atoms with E-state index < -0.39 is 5.06 Å². The van der Waals surface area contributed by atoms with Gasteiger partial charge in [-0.25, -0.2) is 0 Å². The molecular weight excluding hydrogens is 272 g/mol. The highest BCUT2D eigenvalue weighted by molar-refractivity contribution is 6.23. The second kappa shape index (κ2) is 6.62. The predicted octanol–water partition coefficient (Wildman–Crippen LogP) is 5.10. The summed E-state index contributed by atoms with van der Waals surface area (Å²) in [6, 6.07) is 8.29. The Morgan fingerprint density at radius 1 is 1.25 bits per heavy atom. The molecule has 1 aliphatic carbocycles. The molecule has 2 nitrogen and oxygen atoms in total. The fourth-order valence-electron chi connectivity index (χ4n) is 3.00. The summed E-state index contributed by atoms with van der Waals surface area (Å²) in [6.45, 7) is 3.31. The Balaban J connectivity index is 2.15. The van der Waals surface area contributed by atoms with Crippen molar-refractivity contribution in [3.8, 4) is 0 Å². The number of esters is 1.